The average Bonchev–Trinajstić information content (AvgIpc) is 2.46. The first-order chi connectivity index (χ1) is 9.95. The topological polar surface area (TPSA) is 59.6 Å². The van der Waals surface area contributed by atoms with E-state index in [1.165, 1.54) is 25.7 Å². The quantitative estimate of drug-likeness (QED) is 0.871. The molecule has 1 aliphatic rings. The Kier molecular flexibility index (Phi) is 4.53. The van der Waals surface area contributed by atoms with E-state index < -0.39 is 0 Å². The van der Waals surface area contributed by atoms with Gasteiger partial charge in [-0.2, -0.15) is 10.5 Å². The summed E-state index contributed by atoms with van der Waals surface area (Å²) in [7, 11) is 0. The van der Waals surface area contributed by atoms with Crippen LogP contribution in [-0.2, 0) is 0 Å². The summed E-state index contributed by atoms with van der Waals surface area (Å²) in [6.07, 6.45) is 4.98. The van der Waals surface area contributed by atoms with Crippen molar-refractivity contribution >= 4 is 5.69 Å². The molecule has 0 amide bonds. The lowest BCUT2D eigenvalue weighted by Gasteiger charge is -2.41. The fraction of sp³-hybridized carbons (Fsp3) is 0.556. The molecule has 1 aromatic carbocycles. The van der Waals surface area contributed by atoms with Gasteiger partial charge in [-0.05, 0) is 42.4 Å². The van der Waals surface area contributed by atoms with Crippen LogP contribution >= 0.6 is 0 Å². The summed E-state index contributed by atoms with van der Waals surface area (Å²) in [4.78, 5) is 0. The van der Waals surface area contributed by atoms with Crippen molar-refractivity contribution in [2.45, 2.75) is 52.5 Å². The van der Waals surface area contributed by atoms with Gasteiger partial charge < -0.3 is 5.32 Å². The Morgan fingerprint density at radius 2 is 1.71 bits per heavy atom. The number of anilines is 1. The molecule has 0 radical (unpaired) electrons. The van der Waals surface area contributed by atoms with Crippen molar-refractivity contribution in [2.75, 3.05) is 5.32 Å². The van der Waals surface area contributed by atoms with E-state index in [1.807, 2.05) is 6.07 Å². The molecule has 3 nitrogen and oxygen atoms in total. The Labute approximate surface area is 127 Å². The Bertz CT molecular complexity index is 584. The highest BCUT2D eigenvalue weighted by Gasteiger charge is 2.34. The third kappa shape index (κ3) is 3.56. The fourth-order valence-corrected chi connectivity index (χ4v) is 3.38. The highest BCUT2D eigenvalue weighted by molar-refractivity contribution is 5.56. The van der Waals surface area contributed by atoms with Crippen LogP contribution in [0.4, 0.5) is 5.69 Å². The van der Waals surface area contributed by atoms with Crippen molar-refractivity contribution in [3.05, 3.63) is 29.3 Å². The molecule has 1 aliphatic carbocycles. The molecule has 0 saturated heterocycles. The molecular weight excluding hydrogens is 258 g/mol. The number of nitrogens with zero attached hydrogens (tertiary/aromatic N) is 2. The average molecular weight is 281 g/mol. The molecule has 3 heteroatoms. The molecule has 0 aliphatic heterocycles. The summed E-state index contributed by atoms with van der Waals surface area (Å²) in [6.45, 7) is 6.91. The predicted octanol–water partition coefficient (Wildman–Crippen LogP) is 4.45. The Morgan fingerprint density at radius 1 is 1.05 bits per heavy atom. The van der Waals surface area contributed by atoms with E-state index in [-0.39, 0.29) is 5.41 Å². The van der Waals surface area contributed by atoms with Gasteiger partial charge >= 0.3 is 0 Å². The van der Waals surface area contributed by atoms with Crippen LogP contribution in [-0.4, -0.2) is 6.04 Å². The van der Waals surface area contributed by atoms with Gasteiger partial charge in [0.05, 0.1) is 11.1 Å². The lowest BCUT2D eigenvalue weighted by atomic mass is 9.69. The zero-order valence-corrected chi connectivity index (χ0v) is 13.1. The van der Waals surface area contributed by atoms with Gasteiger partial charge in [0, 0.05) is 11.7 Å². The molecule has 1 N–H and O–H groups in total. The van der Waals surface area contributed by atoms with Crippen molar-refractivity contribution in [3.8, 4) is 12.1 Å². The first-order valence-corrected chi connectivity index (χ1v) is 7.66. The van der Waals surface area contributed by atoms with Crippen LogP contribution in [0, 0.1) is 34.0 Å². The van der Waals surface area contributed by atoms with Crippen molar-refractivity contribution in [1.29, 1.82) is 10.5 Å². The molecule has 2 unspecified atom stereocenters. The van der Waals surface area contributed by atoms with Crippen molar-refractivity contribution in [1.82, 2.24) is 0 Å². The number of nitriles is 2. The lowest BCUT2D eigenvalue weighted by Crippen LogP contribution is -2.39. The van der Waals surface area contributed by atoms with E-state index in [0.29, 0.717) is 23.1 Å². The second kappa shape index (κ2) is 6.19. The molecule has 2 atom stereocenters. The molecule has 1 aromatic rings. The van der Waals surface area contributed by atoms with Crippen molar-refractivity contribution in [2.24, 2.45) is 11.3 Å². The number of hydrogen-bond donors (Lipinski definition) is 1. The minimum Gasteiger partial charge on any atom is -0.382 e. The smallest absolute Gasteiger partial charge is 0.101 e. The summed E-state index contributed by atoms with van der Waals surface area (Å²) in [5.74, 6) is 0.632. The highest BCUT2D eigenvalue weighted by Crippen LogP contribution is 2.39. The summed E-state index contributed by atoms with van der Waals surface area (Å²) in [5, 5.41) is 21.7. The van der Waals surface area contributed by atoms with E-state index in [9.17, 15) is 0 Å². The monoisotopic (exact) mass is 281 g/mol. The molecule has 21 heavy (non-hydrogen) atoms. The zero-order chi connectivity index (χ0) is 15.5. The molecule has 2 rings (SSSR count). The van der Waals surface area contributed by atoms with Gasteiger partial charge in [0.2, 0.25) is 0 Å². The summed E-state index contributed by atoms with van der Waals surface area (Å²) in [6, 6.07) is 10.0. The zero-order valence-electron chi connectivity index (χ0n) is 13.1. The SMILES string of the molecule is CC(C)(C)C1CCCCC1Nc1ccc(C#N)c(C#N)c1. The van der Waals surface area contributed by atoms with E-state index in [0.717, 1.165) is 5.69 Å². The predicted molar refractivity (Wildman–Crippen MR) is 84.7 cm³/mol. The van der Waals surface area contributed by atoms with E-state index in [2.05, 4.69) is 38.2 Å². The molecule has 0 heterocycles. The Balaban J connectivity index is 2.20. The number of hydrogen-bond acceptors (Lipinski definition) is 3. The van der Waals surface area contributed by atoms with Gasteiger partial charge in [0.15, 0.2) is 0 Å². The van der Waals surface area contributed by atoms with Gasteiger partial charge in [0.25, 0.3) is 0 Å². The van der Waals surface area contributed by atoms with Crippen LogP contribution in [0.3, 0.4) is 0 Å². The van der Waals surface area contributed by atoms with Crippen LogP contribution in [0.15, 0.2) is 18.2 Å². The van der Waals surface area contributed by atoms with Crippen LogP contribution in [0.2, 0.25) is 0 Å². The molecular formula is C18H23N3. The maximum Gasteiger partial charge on any atom is 0.101 e. The number of rotatable bonds is 2. The molecule has 0 bridgehead atoms. The first kappa shape index (κ1) is 15.4. The molecule has 1 saturated carbocycles. The molecule has 1 fully saturated rings. The van der Waals surface area contributed by atoms with Crippen LogP contribution in [0.5, 0.6) is 0 Å². The fourth-order valence-electron chi connectivity index (χ4n) is 3.38. The van der Waals surface area contributed by atoms with Gasteiger partial charge in [-0.25, -0.2) is 0 Å². The number of benzene rings is 1. The molecule has 0 aromatic heterocycles. The van der Waals surface area contributed by atoms with Gasteiger partial charge in [0.1, 0.15) is 12.1 Å². The van der Waals surface area contributed by atoms with E-state index in [4.69, 9.17) is 10.5 Å². The number of nitrogens with one attached hydrogen (secondary N) is 1. The normalized spacial score (nSPS) is 22.1. The first-order valence-electron chi connectivity index (χ1n) is 7.66. The van der Waals surface area contributed by atoms with E-state index in [1.54, 1.807) is 12.1 Å². The maximum absolute atomic E-state index is 9.13. The van der Waals surface area contributed by atoms with Crippen LogP contribution in [0.1, 0.15) is 57.6 Å². The third-order valence-corrected chi connectivity index (χ3v) is 4.49. The second-order valence-electron chi connectivity index (χ2n) is 6.99. The minimum atomic E-state index is 0.280. The summed E-state index contributed by atoms with van der Waals surface area (Å²) >= 11 is 0. The minimum absolute atomic E-state index is 0.280. The summed E-state index contributed by atoms with van der Waals surface area (Å²) < 4.78 is 0. The van der Waals surface area contributed by atoms with E-state index >= 15 is 0 Å². The third-order valence-electron chi connectivity index (χ3n) is 4.49. The van der Waals surface area contributed by atoms with Gasteiger partial charge in [-0.15, -0.1) is 0 Å². The van der Waals surface area contributed by atoms with Crippen LogP contribution in [0.25, 0.3) is 0 Å². The molecule has 0 spiro atoms. The van der Waals surface area contributed by atoms with Crippen LogP contribution < -0.4 is 5.32 Å². The van der Waals surface area contributed by atoms with Gasteiger partial charge in [-0.3, -0.25) is 0 Å². The lowest BCUT2D eigenvalue weighted by molar-refractivity contribution is 0.163. The van der Waals surface area contributed by atoms with Crippen molar-refractivity contribution < 1.29 is 0 Å². The van der Waals surface area contributed by atoms with Gasteiger partial charge in [-0.1, -0.05) is 33.6 Å². The largest absolute Gasteiger partial charge is 0.382 e. The molecule has 110 valence electrons. The Hall–Kier alpha value is -2.00. The Morgan fingerprint density at radius 3 is 2.33 bits per heavy atom. The highest BCUT2D eigenvalue weighted by atomic mass is 14.9. The maximum atomic E-state index is 9.13. The van der Waals surface area contributed by atoms with Crippen molar-refractivity contribution in [3.63, 3.8) is 0 Å². The summed E-state index contributed by atoms with van der Waals surface area (Å²) in [5.41, 5.74) is 2.12. The standard InChI is InChI=1S/C18H23N3/c1-18(2,3)16-6-4-5-7-17(16)21-15-9-8-13(11-19)14(10-15)12-20/h8-10,16-17,21H,4-7H2,1-3H3. The second-order valence-corrected chi connectivity index (χ2v) is 6.99.